The summed E-state index contributed by atoms with van der Waals surface area (Å²) in [4.78, 5) is 19.1. The number of aryl methyl sites for hydroxylation is 1. The second-order valence-electron chi connectivity index (χ2n) is 3.47. The SMILES string of the molecule is CCOP(N)(=O)N(C=O)c1ncc(OC)c(CC)n1. The van der Waals surface area contributed by atoms with Crippen molar-refractivity contribution in [2.45, 2.75) is 20.3 Å². The molecule has 2 N–H and O–H groups in total. The number of hydrogen-bond acceptors (Lipinski definition) is 6. The predicted molar refractivity (Wildman–Crippen MR) is 69.9 cm³/mol. The van der Waals surface area contributed by atoms with Crippen LogP contribution in [-0.4, -0.2) is 30.1 Å². The molecule has 1 rings (SSSR count). The van der Waals surface area contributed by atoms with E-state index in [1.54, 1.807) is 6.92 Å². The van der Waals surface area contributed by atoms with Crippen molar-refractivity contribution in [2.24, 2.45) is 5.50 Å². The second-order valence-corrected chi connectivity index (χ2v) is 5.29. The van der Waals surface area contributed by atoms with Gasteiger partial charge in [0.25, 0.3) is 0 Å². The number of nitrogens with two attached hydrogens (primary N) is 1. The van der Waals surface area contributed by atoms with E-state index in [0.717, 1.165) is 0 Å². The molecule has 0 aromatic carbocycles. The number of carbonyl (C=O) groups is 1. The molecule has 0 aliphatic rings. The fourth-order valence-electron chi connectivity index (χ4n) is 1.41. The molecule has 1 aromatic rings. The first kappa shape index (κ1) is 15.6. The Morgan fingerprint density at radius 1 is 1.53 bits per heavy atom. The van der Waals surface area contributed by atoms with Crippen molar-refractivity contribution in [3.05, 3.63) is 11.9 Å². The third kappa shape index (κ3) is 3.50. The Balaban J connectivity index is 3.19. The molecule has 1 amide bonds. The van der Waals surface area contributed by atoms with Crippen LogP contribution in [0.2, 0.25) is 0 Å². The highest BCUT2D eigenvalue weighted by Crippen LogP contribution is 2.43. The quantitative estimate of drug-likeness (QED) is 0.591. The molecule has 0 saturated carbocycles. The van der Waals surface area contributed by atoms with Crippen LogP contribution in [0.5, 0.6) is 5.75 Å². The van der Waals surface area contributed by atoms with Gasteiger partial charge < -0.3 is 9.26 Å². The van der Waals surface area contributed by atoms with Crippen molar-refractivity contribution in [3.63, 3.8) is 0 Å². The van der Waals surface area contributed by atoms with Crippen molar-refractivity contribution < 1.29 is 18.6 Å². The molecule has 0 spiro atoms. The highest BCUT2D eigenvalue weighted by molar-refractivity contribution is 7.59. The molecule has 9 heteroatoms. The molecule has 106 valence electrons. The molecule has 0 saturated heterocycles. The lowest BCUT2D eigenvalue weighted by Crippen LogP contribution is -2.26. The average molecular weight is 288 g/mol. The van der Waals surface area contributed by atoms with Crippen molar-refractivity contribution in [2.75, 3.05) is 18.4 Å². The van der Waals surface area contributed by atoms with Gasteiger partial charge in [-0.2, -0.15) is 4.67 Å². The molecule has 1 atom stereocenters. The third-order valence-corrected chi connectivity index (χ3v) is 3.79. The maximum atomic E-state index is 12.0. The fraction of sp³-hybridized carbons (Fsp3) is 0.500. The smallest absolute Gasteiger partial charge is 0.374 e. The highest BCUT2D eigenvalue weighted by atomic mass is 31.2. The maximum Gasteiger partial charge on any atom is 0.374 e. The number of aromatic nitrogens is 2. The summed E-state index contributed by atoms with van der Waals surface area (Å²) in [5, 5.41) is 0. The van der Waals surface area contributed by atoms with Gasteiger partial charge in [-0.3, -0.25) is 4.79 Å². The molecule has 1 unspecified atom stereocenters. The van der Waals surface area contributed by atoms with E-state index in [0.29, 0.717) is 22.5 Å². The van der Waals surface area contributed by atoms with Gasteiger partial charge in [-0.25, -0.2) is 20.0 Å². The Labute approximate surface area is 111 Å². The van der Waals surface area contributed by atoms with Gasteiger partial charge in [0.1, 0.15) is 0 Å². The van der Waals surface area contributed by atoms with Crippen LogP contribution < -0.4 is 14.9 Å². The lowest BCUT2D eigenvalue weighted by Gasteiger charge is -2.22. The Bertz CT molecular complexity index is 496. The van der Waals surface area contributed by atoms with E-state index in [2.05, 4.69) is 9.97 Å². The summed E-state index contributed by atoms with van der Waals surface area (Å²) < 4.78 is 22.7. The zero-order valence-corrected chi connectivity index (χ0v) is 12.0. The number of nitrogens with zero attached hydrogens (tertiary/aromatic N) is 3. The van der Waals surface area contributed by atoms with Crippen LogP contribution in [0.25, 0.3) is 0 Å². The van der Waals surface area contributed by atoms with Crippen LogP contribution in [0.4, 0.5) is 5.95 Å². The van der Waals surface area contributed by atoms with E-state index in [1.165, 1.54) is 13.3 Å². The number of rotatable bonds is 7. The minimum atomic E-state index is -3.78. The van der Waals surface area contributed by atoms with Crippen LogP contribution in [0.1, 0.15) is 19.5 Å². The van der Waals surface area contributed by atoms with Gasteiger partial charge in [0.05, 0.1) is 25.6 Å². The first-order chi connectivity index (χ1) is 9.00. The Kier molecular flexibility index (Phi) is 5.41. The lowest BCUT2D eigenvalue weighted by atomic mass is 10.3. The van der Waals surface area contributed by atoms with Gasteiger partial charge in [-0.1, -0.05) is 6.92 Å². The molecule has 1 heterocycles. The molecular formula is C10H17N4O4P. The minimum absolute atomic E-state index is 0.0769. The van der Waals surface area contributed by atoms with Crippen LogP contribution in [0, 0.1) is 0 Å². The number of amides is 1. The summed E-state index contributed by atoms with van der Waals surface area (Å²) >= 11 is 0. The Morgan fingerprint density at radius 3 is 2.68 bits per heavy atom. The van der Waals surface area contributed by atoms with E-state index in [9.17, 15) is 9.36 Å². The monoisotopic (exact) mass is 288 g/mol. The van der Waals surface area contributed by atoms with Crippen molar-refractivity contribution in [1.29, 1.82) is 0 Å². The molecule has 0 bridgehead atoms. The van der Waals surface area contributed by atoms with Gasteiger partial charge in [-0.05, 0) is 13.3 Å². The van der Waals surface area contributed by atoms with E-state index < -0.39 is 7.67 Å². The number of carbonyl (C=O) groups excluding carboxylic acids is 1. The largest absolute Gasteiger partial charge is 0.493 e. The predicted octanol–water partition coefficient (Wildman–Crippen LogP) is 1.11. The van der Waals surface area contributed by atoms with Crippen LogP contribution in [0.3, 0.4) is 0 Å². The zero-order valence-electron chi connectivity index (χ0n) is 11.1. The standard InChI is InChI=1S/C10H17N4O4P/c1-4-8-9(17-3)6-12-10(13-8)14(7-15)19(11,16)18-5-2/h6-7H,4-5H2,1-3H3,(H2,11,16). The normalized spacial score (nSPS) is 13.7. The van der Waals surface area contributed by atoms with Crippen LogP contribution >= 0.6 is 7.67 Å². The zero-order chi connectivity index (χ0) is 14.5. The molecule has 0 aliphatic heterocycles. The number of ether oxygens (including phenoxy) is 1. The summed E-state index contributed by atoms with van der Waals surface area (Å²) in [6.07, 6.45) is 2.25. The average Bonchev–Trinajstić information content (AvgIpc) is 2.38. The van der Waals surface area contributed by atoms with Crippen molar-refractivity contribution >= 4 is 20.0 Å². The maximum absolute atomic E-state index is 12.0. The number of anilines is 1. The number of hydrogen-bond donors (Lipinski definition) is 1. The van der Waals surface area contributed by atoms with Crippen molar-refractivity contribution in [3.8, 4) is 5.75 Å². The first-order valence-electron chi connectivity index (χ1n) is 5.68. The molecule has 0 aliphatic carbocycles. The number of methoxy groups -OCH3 is 1. The third-order valence-electron chi connectivity index (χ3n) is 2.29. The lowest BCUT2D eigenvalue weighted by molar-refractivity contribution is -0.106. The van der Waals surface area contributed by atoms with E-state index in [-0.39, 0.29) is 19.0 Å². The molecular weight excluding hydrogens is 271 g/mol. The van der Waals surface area contributed by atoms with E-state index in [4.69, 9.17) is 14.8 Å². The minimum Gasteiger partial charge on any atom is -0.493 e. The molecule has 8 nitrogen and oxygen atoms in total. The Morgan fingerprint density at radius 2 is 2.21 bits per heavy atom. The highest BCUT2D eigenvalue weighted by Gasteiger charge is 2.30. The summed E-state index contributed by atoms with van der Waals surface area (Å²) in [7, 11) is -2.29. The van der Waals surface area contributed by atoms with Gasteiger partial charge in [0.2, 0.25) is 12.4 Å². The molecule has 0 fully saturated rings. The Hall–Kier alpha value is -1.50. The van der Waals surface area contributed by atoms with Gasteiger partial charge in [-0.15, -0.1) is 0 Å². The van der Waals surface area contributed by atoms with Gasteiger partial charge >= 0.3 is 7.67 Å². The van der Waals surface area contributed by atoms with Crippen LogP contribution in [-0.2, 0) is 20.3 Å². The summed E-state index contributed by atoms with van der Waals surface area (Å²) in [5.41, 5.74) is 6.07. The summed E-state index contributed by atoms with van der Waals surface area (Å²) in [6.45, 7) is 3.59. The first-order valence-corrected chi connectivity index (χ1v) is 7.32. The fourth-order valence-corrected chi connectivity index (χ4v) is 2.39. The van der Waals surface area contributed by atoms with E-state index >= 15 is 0 Å². The summed E-state index contributed by atoms with van der Waals surface area (Å²) in [6, 6.07) is 0. The van der Waals surface area contributed by atoms with Crippen LogP contribution in [0.15, 0.2) is 6.20 Å². The van der Waals surface area contributed by atoms with Gasteiger partial charge in [0.15, 0.2) is 5.75 Å². The van der Waals surface area contributed by atoms with E-state index in [1.807, 2.05) is 6.92 Å². The van der Waals surface area contributed by atoms with Gasteiger partial charge in [0, 0.05) is 0 Å². The topological polar surface area (TPSA) is 108 Å². The van der Waals surface area contributed by atoms with Crippen molar-refractivity contribution in [1.82, 2.24) is 9.97 Å². The second kappa shape index (κ2) is 6.60. The molecule has 1 aromatic heterocycles. The summed E-state index contributed by atoms with van der Waals surface area (Å²) in [5.74, 6) is 0.410. The molecule has 19 heavy (non-hydrogen) atoms. The molecule has 0 radical (unpaired) electrons.